The Morgan fingerprint density at radius 2 is 1.54 bits per heavy atom. The molecule has 0 atom stereocenters. The molecule has 154 valence electrons. The molecule has 28 heavy (non-hydrogen) atoms. The number of rotatable bonds is 5. The van der Waals surface area contributed by atoms with Gasteiger partial charge in [0.05, 0.1) is 17.1 Å². The summed E-state index contributed by atoms with van der Waals surface area (Å²) in [5.41, 5.74) is 1.76. The molecular weight excluding hydrogens is 400 g/mol. The van der Waals surface area contributed by atoms with E-state index in [4.69, 9.17) is 0 Å². The summed E-state index contributed by atoms with van der Waals surface area (Å²) in [4.78, 5) is 0.218. The van der Waals surface area contributed by atoms with Gasteiger partial charge >= 0.3 is 0 Å². The van der Waals surface area contributed by atoms with Crippen LogP contribution in [-0.4, -0.2) is 61.4 Å². The minimum atomic E-state index is -3.73. The second-order valence-electron chi connectivity index (χ2n) is 7.02. The average molecular weight is 427 g/mol. The molecule has 2 heterocycles. The van der Waals surface area contributed by atoms with Gasteiger partial charge in [-0.3, -0.25) is 4.68 Å². The van der Waals surface area contributed by atoms with Crippen LogP contribution in [0.2, 0.25) is 0 Å². The molecule has 1 saturated heterocycles. The average Bonchev–Trinajstić information content (AvgIpc) is 2.81. The molecule has 0 N–H and O–H groups in total. The Morgan fingerprint density at radius 1 is 0.929 bits per heavy atom. The van der Waals surface area contributed by atoms with Gasteiger partial charge in [-0.25, -0.2) is 21.1 Å². The van der Waals surface area contributed by atoms with Crippen molar-refractivity contribution >= 4 is 20.0 Å². The lowest BCUT2D eigenvalue weighted by Gasteiger charge is -2.22. The zero-order valence-electron chi connectivity index (χ0n) is 16.4. The first-order chi connectivity index (χ1) is 13.1. The number of benzene rings is 1. The highest BCUT2D eigenvalue weighted by atomic mass is 32.2. The van der Waals surface area contributed by atoms with E-state index in [1.54, 1.807) is 49.8 Å². The van der Waals surface area contributed by atoms with Crippen LogP contribution in [0.3, 0.4) is 0 Å². The summed E-state index contributed by atoms with van der Waals surface area (Å²) >= 11 is 0. The van der Waals surface area contributed by atoms with Gasteiger partial charge in [-0.05, 0) is 25.8 Å². The molecule has 0 aliphatic carbocycles. The van der Waals surface area contributed by atoms with Crippen molar-refractivity contribution < 1.29 is 16.8 Å². The second-order valence-corrected chi connectivity index (χ2v) is 10.9. The van der Waals surface area contributed by atoms with Gasteiger partial charge in [0.15, 0.2) is 0 Å². The fourth-order valence-corrected chi connectivity index (χ4v) is 6.95. The molecule has 3 rings (SSSR count). The van der Waals surface area contributed by atoms with E-state index < -0.39 is 20.0 Å². The largest absolute Gasteiger partial charge is 0.271 e. The van der Waals surface area contributed by atoms with E-state index in [1.165, 1.54) is 8.61 Å². The number of hydrogen-bond acceptors (Lipinski definition) is 5. The van der Waals surface area contributed by atoms with Crippen molar-refractivity contribution in [2.24, 2.45) is 7.05 Å². The van der Waals surface area contributed by atoms with Gasteiger partial charge in [0.2, 0.25) is 20.0 Å². The Labute approximate surface area is 166 Å². The van der Waals surface area contributed by atoms with Crippen LogP contribution in [0.1, 0.15) is 23.4 Å². The Hall–Kier alpha value is -1.75. The highest BCUT2D eigenvalue weighted by molar-refractivity contribution is 7.89. The van der Waals surface area contributed by atoms with Crippen molar-refractivity contribution in [3.05, 3.63) is 47.3 Å². The number of sulfonamides is 2. The van der Waals surface area contributed by atoms with Crippen LogP contribution in [-0.2, 0) is 32.8 Å². The molecule has 0 bridgehead atoms. The van der Waals surface area contributed by atoms with Crippen LogP contribution in [0.5, 0.6) is 0 Å². The lowest BCUT2D eigenvalue weighted by Crippen LogP contribution is -2.38. The normalized spacial score (nSPS) is 17.5. The van der Waals surface area contributed by atoms with E-state index in [1.807, 2.05) is 6.07 Å². The molecule has 1 aliphatic rings. The van der Waals surface area contributed by atoms with Crippen LogP contribution in [0.25, 0.3) is 0 Å². The smallest absolute Gasteiger partial charge is 0.246 e. The van der Waals surface area contributed by atoms with E-state index >= 15 is 0 Å². The second kappa shape index (κ2) is 7.94. The van der Waals surface area contributed by atoms with Crippen molar-refractivity contribution in [1.82, 2.24) is 18.4 Å². The number of aromatic nitrogens is 2. The fourth-order valence-electron chi connectivity index (χ4n) is 3.52. The first-order valence-corrected chi connectivity index (χ1v) is 12.2. The van der Waals surface area contributed by atoms with Crippen LogP contribution in [0, 0.1) is 13.8 Å². The Bertz CT molecular complexity index is 1050. The van der Waals surface area contributed by atoms with Crippen molar-refractivity contribution in [3.63, 3.8) is 0 Å². The lowest BCUT2D eigenvalue weighted by atomic mass is 10.2. The fraction of sp³-hybridized carbons (Fsp3) is 0.500. The maximum absolute atomic E-state index is 13.1. The topological polar surface area (TPSA) is 92.6 Å². The van der Waals surface area contributed by atoms with Crippen molar-refractivity contribution in [2.75, 3.05) is 26.2 Å². The molecule has 1 fully saturated rings. The third-order valence-corrected chi connectivity index (χ3v) is 9.04. The summed E-state index contributed by atoms with van der Waals surface area (Å²) in [7, 11) is -5.53. The molecule has 1 aromatic carbocycles. The van der Waals surface area contributed by atoms with Gasteiger partial charge in [-0.2, -0.15) is 9.40 Å². The summed E-state index contributed by atoms with van der Waals surface area (Å²) in [6.45, 7) is 4.27. The zero-order valence-corrected chi connectivity index (χ0v) is 18.0. The predicted molar refractivity (Wildman–Crippen MR) is 107 cm³/mol. The Morgan fingerprint density at radius 3 is 2.14 bits per heavy atom. The third kappa shape index (κ3) is 4.14. The van der Waals surface area contributed by atoms with E-state index in [9.17, 15) is 16.8 Å². The maximum atomic E-state index is 13.1. The van der Waals surface area contributed by atoms with E-state index in [0.29, 0.717) is 24.4 Å². The molecule has 0 amide bonds. The maximum Gasteiger partial charge on any atom is 0.246 e. The number of hydrogen-bond donors (Lipinski definition) is 0. The van der Waals surface area contributed by atoms with Crippen LogP contribution in [0.15, 0.2) is 35.2 Å². The molecule has 1 aliphatic heterocycles. The van der Waals surface area contributed by atoms with E-state index in [2.05, 4.69) is 5.10 Å². The zero-order chi connectivity index (χ0) is 20.5. The molecular formula is C18H26N4O4S2. The third-order valence-electron chi connectivity index (χ3n) is 5.04. The molecule has 0 saturated carbocycles. The van der Waals surface area contributed by atoms with Crippen LogP contribution >= 0.6 is 0 Å². The van der Waals surface area contributed by atoms with Crippen molar-refractivity contribution in [2.45, 2.75) is 30.9 Å². The monoisotopic (exact) mass is 426 g/mol. The molecule has 8 nitrogen and oxygen atoms in total. The van der Waals surface area contributed by atoms with Gasteiger partial charge in [0.1, 0.15) is 4.90 Å². The minimum absolute atomic E-state index is 0.0819. The van der Waals surface area contributed by atoms with Gasteiger partial charge in [0.25, 0.3) is 0 Å². The van der Waals surface area contributed by atoms with Crippen molar-refractivity contribution in [3.8, 4) is 0 Å². The minimum Gasteiger partial charge on any atom is -0.271 e. The highest BCUT2D eigenvalue weighted by Crippen LogP contribution is 2.24. The Balaban J connectivity index is 1.78. The summed E-state index contributed by atoms with van der Waals surface area (Å²) in [5, 5.41) is 4.20. The van der Waals surface area contributed by atoms with Crippen LogP contribution in [0.4, 0.5) is 0 Å². The standard InChI is InChI=1S/C18H26N4O4S2/c1-15-18(16(2)20(3)19-15)28(25,26)22-11-7-10-21(12-13-22)27(23,24)14-17-8-5-4-6-9-17/h4-6,8-9H,7,10-14H2,1-3H3. The molecule has 10 heteroatoms. The van der Waals surface area contributed by atoms with Gasteiger partial charge in [0, 0.05) is 33.2 Å². The first kappa shape index (κ1) is 21.0. The van der Waals surface area contributed by atoms with Crippen molar-refractivity contribution in [1.29, 1.82) is 0 Å². The Kier molecular flexibility index (Phi) is 5.95. The van der Waals surface area contributed by atoms with E-state index in [0.717, 1.165) is 5.56 Å². The summed E-state index contributed by atoms with van der Waals surface area (Å²) in [6.07, 6.45) is 0.450. The summed E-state index contributed by atoms with van der Waals surface area (Å²) in [6, 6.07) is 9.01. The summed E-state index contributed by atoms with van der Waals surface area (Å²) < 4.78 is 56.2. The van der Waals surface area contributed by atoms with Gasteiger partial charge < -0.3 is 0 Å². The van der Waals surface area contributed by atoms with Gasteiger partial charge in [-0.1, -0.05) is 30.3 Å². The SMILES string of the molecule is Cc1nn(C)c(C)c1S(=O)(=O)N1CCCN(S(=O)(=O)Cc2ccccc2)CC1. The lowest BCUT2D eigenvalue weighted by molar-refractivity contribution is 0.404. The highest BCUT2D eigenvalue weighted by Gasteiger charge is 2.34. The molecule has 2 aromatic rings. The molecule has 1 aromatic heterocycles. The number of aryl methyl sites for hydroxylation is 2. The molecule has 0 unspecified atom stereocenters. The first-order valence-electron chi connectivity index (χ1n) is 9.15. The predicted octanol–water partition coefficient (Wildman–Crippen LogP) is 1.26. The van der Waals surface area contributed by atoms with Gasteiger partial charge in [-0.15, -0.1) is 0 Å². The number of nitrogens with zero attached hydrogens (tertiary/aromatic N) is 4. The van der Waals surface area contributed by atoms with Crippen LogP contribution < -0.4 is 0 Å². The molecule has 0 radical (unpaired) electrons. The molecule has 0 spiro atoms. The van der Waals surface area contributed by atoms with E-state index in [-0.39, 0.29) is 30.3 Å². The quantitative estimate of drug-likeness (QED) is 0.718. The summed E-state index contributed by atoms with van der Waals surface area (Å²) in [5.74, 6) is -0.0819.